The Kier molecular flexibility index (Phi) is 3.74. The quantitative estimate of drug-likeness (QED) is 0.782. The lowest BCUT2D eigenvalue weighted by Crippen LogP contribution is -2.36. The third-order valence-electron chi connectivity index (χ3n) is 4.69. The second-order valence-electron chi connectivity index (χ2n) is 6.08. The lowest BCUT2D eigenvalue weighted by molar-refractivity contribution is -0.129. The molecule has 1 amide bonds. The highest BCUT2D eigenvalue weighted by atomic mass is 35.5. The Morgan fingerprint density at radius 1 is 1.25 bits per heavy atom. The van der Waals surface area contributed by atoms with E-state index in [2.05, 4.69) is 42.3 Å². The van der Waals surface area contributed by atoms with E-state index in [0.717, 1.165) is 19.6 Å². The summed E-state index contributed by atoms with van der Waals surface area (Å²) in [4.78, 5) is 16.5. The van der Waals surface area contributed by atoms with E-state index in [9.17, 15) is 4.79 Å². The molecule has 0 aliphatic carbocycles. The first kappa shape index (κ1) is 13.9. The van der Waals surface area contributed by atoms with E-state index >= 15 is 0 Å². The van der Waals surface area contributed by atoms with E-state index in [1.807, 2.05) is 4.90 Å². The van der Waals surface area contributed by atoms with Gasteiger partial charge in [-0.3, -0.25) is 9.69 Å². The topological polar surface area (TPSA) is 23.6 Å². The molecule has 2 saturated heterocycles. The van der Waals surface area contributed by atoms with Crippen LogP contribution in [0.2, 0.25) is 0 Å². The molecule has 0 saturated carbocycles. The zero-order valence-corrected chi connectivity index (χ0v) is 12.8. The van der Waals surface area contributed by atoms with Crippen molar-refractivity contribution < 1.29 is 4.79 Å². The number of hydrogen-bond donors (Lipinski definition) is 0. The molecule has 3 nitrogen and oxygen atoms in total. The molecule has 1 aromatic carbocycles. The van der Waals surface area contributed by atoms with Crippen LogP contribution in [0.3, 0.4) is 0 Å². The van der Waals surface area contributed by atoms with Crippen molar-refractivity contribution in [2.24, 2.45) is 11.8 Å². The van der Waals surface area contributed by atoms with Crippen LogP contribution in [0.4, 0.5) is 0 Å². The summed E-state index contributed by atoms with van der Waals surface area (Å²) >= 11 is 5.95. The Morgan fingerprint density at radius 2 is 1.95 bits per heavy atom. The van der Waals surface area contributed by atoms with Gasteiger partial charge in [0, 0.05) is 31.6 Å². The highest BCUT2D eigenvalue weighted by Crippen LogP contribution is 2.44. The molecule has 3 rings (SSSR count). The van der Waals surface area contributed by atoms with Crippen LogP contribution in [0, 0.1) is 11.8 Å². The largest absolute Gasteiger partial charge is 0.341 e. The van der Waals surface area contributed by atoms with Crippen molar-refractivity contribution in [2.75, 3.05) is 26.7 Å². The lowest BCUT2D eigenvalue weighted by atomic mass is 9.90. The highest BCUT2D eigenvalue weighted by molar-refractivity contribution is 6.30. The molecule has 0 bridgehead atoms. The van der Waals surface area contributed by atoms with Gasteiger partial charge in [0.2, 0.25) is 5.91 Å². The molecule has 4 unspecified atom stereocenters. The molecule has 0 aromatic heterocycles. The van der Waals surface area contributed by atoms with Crippen LogP contribution in [0.25, 0.3) is 0 Å². The van der Waals surface area contributed by atoms with E-state index in [1.165, 1.54) is 5.56 Å². The molecule has 2 fully saturated rings. The van der Waals surface area contributed by atoms with Crippen molar-refractivity contribution >= 4 is 17.5 Å². The summed E-state index contributed by atoms with van der Waals surface area (Å²) in [6, 6.07) is 11.0. The first-order valence-corrected chi connectivity index (χ1v) is 7.69. The van der Waals surface area contributed by atoms with Gasteiger partial charge in [-0.25, -0.2) is 0 Å². The number of halogens is 1. The Balaban J connectivity index is 1.80. The van der Waals surface area contributed by atoms with Crippen LogP contribution in [0.15, 0.2) is 30.3 Å². The normalized spacial score (nSPS) is 31.4. The van der Waals surface area contributed by atoms with E-state index < -0.39 is 5.38 Å². The average molecular weight is 293 g/mol. The fourth-order valence-corrected chi connectivity index (χ4v) is 3.98. The van der Waals surface area contributed by atoms with E-state index in [4.69, 9.17) is 11.6 Å². The summed E-state index contributed by atoms with van der Waals surface area (Å²) < 4.78 is 0. The first-order chi connectivity index (χ1) is 9.58. The second kappa shape index (κ2) is 5.38. The van der Waals surface area contributed by atoms with Crippen molar-refractivity contribution in [2.45, 2.75) is 18.3 Å². The smallest absolute Gasteiger partial charge is 0.240 e. The van der Waals surface area contributed by atoms with Crippen molar-refractivity contribution in [3.8, 4) is 0 Å². The number of alkyl halides is 1. The SMILES string of the molecule is CC(Cl)C(=O)N1CC2CN(C)C(c3ccccc3)C2C1. The molecular formula is C16H21ClN2O. The molecule has 4 heteroatoms. The predicted octanol–water partition coefficient (Wildman–Crippen LogP) is 2.38. The molecule has 4 atom stereocenters. The van der Waals surface area contributed by atoms with Gasteiger partial charge < -0.3 is 4.90 Å². The molecular weight excluding hydrogens is 272 g/mol. The summed E-state index contributed by atoms with van der Waals surface area (Å²) in [6.07, 6.45) is 0. The predicted molar refractivity (Wildman–Crippen MR) is 80.7 cm³/mol. The maximum atomic E-state index is 12.1. The summed E-state index contributed by atoms with van der Waals surface area (Å²) in [7, 11) is 2.19. The van der Waals surface area contributed by atoms with Crippen LogP contribution in [-0.2, 0) is 4.79 Å². The highest BCUT2D eigenvalue weighted by Gasteiger charge is 2.47. The van der Waals surface area contributed by atoms with Crippen molar-refractivity contribution in [1.29, 1.82) is 0 Å². The standard InChI is InChI=1S/C16H21ClN2O/c1-11(17)16(20)19-9-13-8-18(2)15(14(13)10-19)12-6-4-3-5-7-12/h3-7,11,13-15H,8-10H2,1-2H3. The third-order valence-corrected chi connectivity index (χ3v) is 4.87. The van der Waals surface area contributed by atoms with Gasteiger partial charge in [0.15, 0.2) is 0 Å². The number of hydrogen-bond acceptors (Lipinski definition) is 2. The molecule has 0 radical (unpaired) electrons. The Morgan fingerprint density at radius 3 is 2.60 bits per heavy atom. The molecule has 2 aliphatic rings. The van der Waals surface area contributed by atoms with Crippen molar-refractivity contribution in [1.82, 2.24) is 9.80 Å². The van der Waals surface area contributed by atoms with Gasteiger partial charge in [-0.2, -0.15) is 0 Å². The number of likely N-dealkylation sites (tertiary alicyclic amines) is 2. The van der Waals surface area contributed by atoms with Gasteiger partial charge in [0.1, 0.15) is 5.38 Å². The van der Waals surface area contributed by atoms with Crippen LogP contribution in [0.1, 0.15) is 18.5 Å². The summed E-state index contributed by atoms with van der Waals surface area (Å²) in [5.74, 6) is 1.18. The summed E-state index contributed by atoms with van der Waals surface area (Å²) in [6.45, 7) is 4.52. The van der Waals surface area contributed by atoms with E-state index in [-0.39, 0.29) is 5.91 Å². The van der Waals surface area contributed by atoms with Crippen LogP contribution in [-0.4, -0.2) is 47.8 Å². The van der Waals surface area contributed by atoms with Crippen molar-refractivity contribution in [3.63, 3.8) is 0 Å². The average Bonchev–Trinajstić information content (AvgIpc) is 2.95. The van der Waals surface area contributed by atoms with Crippen molar-refractivity contribution in [3.05, 3.63) is 35.9 Å². The molecule has 2 heterocycles. The molecule has 0 spiro atoms. The maximum Gasteiger partial charge on any atom is 0.240 e. The monoisotopic (exact) mass is 292 g/mol. The Bertz CT molecular complexity index is 491. The third kappa shape index (κ3) is 2.33. The molecule has 1 aromatic rings. The van der Waals surface area contributed by atoms with Crippen LogP contribution in [0.5, 0.6) is 0 Å². The van der Waals surface area contributed by atoms with Gasteiger partial charge in [-0.1, -0.05) is 30.3 Å². The minimum absolute atomic E-state index is 0.0792. The number of carbonyl (C=O) groups is 1. The van der Waals surface area contributed by atoms with Crippen LogP contribution >= 0.6 is 11.6 Å². The number of fused-ring (bicyclic) bond motifs is 1. The molecule has 20 heavy (non-hydrogen) atoms. The minimum Gasteiger partial charge on any atom is -0.341 e. The molecule has 2 aliphatic heterocycles. The Labute approximate surface area is 125 Å². The summed E-state index contributed by atoms with van der Waals surface area (Å²) in [5, 5.41) is -0.415. The fraction of sp³-hybridized carbons (Fsp3) is 0.562. The molecule has 108 valence electrons. The Hall–Kier alpha value is -1.06. The van der Waals surface area contributed by atoms with Gasteiger partial charge >= 0.3 is 0 Å². The number of benzene rings is 1. The number of nitrogens with zero attached hydrogens (tertiary/aromatic N) is 2. The van der Waals surface area contributed by atoms with Crippen LogP contribution < -0.4 is 0 Å². The number of carbonyl (C=O) groups excluding carboxylic acids is 1. The van der Waals surface area contributed by atoms with Gasteiger partial charge in [-0.05, 0) is 25.5 Å². The minimum atomic E-state index is -0.415. The summed E-state index contributed by atoms with van der Waals surface area (Å²) in [5.41, 5.74) is 1.36. The van der Waals surface area contributed by atoms with E-state index in [0.29, 0.717) is 17.9 Å². The van der Waals surface area contributed by atoms with Gasteiger partial charge in [0.25, 0.3) is 0 Å². The zero-order chi connectivity index (χ0) is 14.3. The number of amides is 1. The van der Waals surface area contributed by atoms with E-state index in [1.54, 1.807) is 6.92 Å². The zero-order valence-electron chi connectivity index (χ0n) is 12.0. The van der Waals surface area contributed by atoms with Gasteiger partial charge in [0.05, 0.1) is 0 Å². The second-order valence-corrected chi connectivity index (χ2v) is 6.73. The molecule has 0 N–H and O–H groups in total. The maximum absolute atomic E-state index is 12.1. The first-order valence-electron chi connectivity index (χ1n) is 7.26. The van der Waals surface area contributed by atoms with Gasteiger partial charge in [-0.15, -0.1) is 11.6 Å². The fourth-order valence-electron chi connectivity index (χ4n) is 3.84. The number of rotatable bonds is 2. The lowest BCUT2D eigenvalue weighted by Gasteiger charge is -2.27.